The minimum atomic E-state index is -4.67. The number of hydroxylamine groups is 1. The van der Waals surface area contributed by atoms with Crippen LogP contribution < -0.4 is 4.74 Å². The van der Waals surface area contributed by atoms with Gasteiger partial charge in [-0.05, 0) is 48.5 Å². The van der Waals surface area contributed by atoms with Crippen LogP contribution in [0.25, 0.3) is 0 Å². The smallest absolute Gasteiger partial charge is 0.416 e. The normalized spacial score (nSPS) is 12.9. The first-order chi connectivity index (χ1) is 13.4. The molecule has 0 aliphatic heterocycles. The zero-order chi connectivity index (χ0) is 21.9. The van der Waals surface area contributed by atoms with Gasteiger partial charge in [0.1, 0.15) is 5.75 Å². The van der Waals surface area contributed by atoms with Crippen LogP contribution in [-0.4, -0.2) is 41.6 Å². The van der Waals surface area contributed by atoms with Crippen molar-refractivity contribution in [2.45, 2.75) is 16.0 Å². The molecule has 0 aliphatic rings. The summed E-state index contributed by atoms with van der Waals surface area (Å²) in [4.78, 5) is -0.903. The molecule has 0 aromatic heterocycles. The van der Waals surface area contributed by atoms with Gasteiger partial charge in [0.25, 0.3) is 10.1 Å². The van der Waals surface area contributed by atoms with Crippen LogP contribution in [0.3, 0.4) is 0 Å². The minimum absolute atomic E-state index is 0.235. The van der Waals surface area contributed by atoms with Crippen LogP contribution in [0.4, 0.5) is 13.2 Å². The van der Waals surface area contributed by atoms with Gasteiger partial charge >= 0.3 is 6.18 Å². The fourth-order valence-electron chi connectivity index (χ4n) is 2.09. The van der Waals surface area contributed by atoms with E-state index in [0.29, 0.717) is 30.0 Å². The van der Waals surface area contributed by atoms with E-state index in [2.05, 4.69) is 4.18 Å². The van der Waals surface area contributed by atoms with Crippen molar-refractivity contribution in [1.29, 1.82) is 0 Å². The van der Waals surface area contributed by atoms with Gasteiger partial charge in [0.2, 0.25) is 10.0 Å². The molecule has 160 valence electrons. The topological polar surface area (TPSA) is 113 Å². The molecule has 8 nitrogen and oxygen atoms in total. The molecule has 0 atom stereocenters. The van der Waals surface area contributed by atoms with E-state index >= 15 is 0 Å². The third-order valence-corrected chi connectivity index (χ3v) is 6.52. The second-order valence-electron chi connectivity index (χ2n) is 5.51. The first-order valence-corrected chi connectivity index (χ1v) is 10.6. The van der Waals surface area contributed by atoms with Crippen molar-refractivity contribution in [3.05, 3.63) is 59.3 Å². The number of nitrogens with zero attached hydrogens (tertiary/aromatic N) is 1. The number of hydrogen-bond acceptors (Lipinski definition) is 7. The summed E-state index contributed by atoms with van der Waals surface area (Å²) < 4.78 is 94.9. The van der Waals surface area contributed by atoms with Crippen molar-refractivity contribution < 1.29 is 38.9 Å². The van der Waals surface area contributed by atoms with Crippen LogP contribution in [0.15, 0.2) is 58.3 Å². The third-order valence-electron chi connectivity index (χ3n) is 3.61. The van der Waals surface area contributed by atoms with Crippen LogP contribution in [-0.2, 0) is 30.5 Å². The molecule has 0 saturated heterocycles. The number of hydrogen-bond donors (Lipinski definition) is 0. The monoisotopic (exact) mass is 454 g/mol. The molecule has 13 heteroatoms. The number of methoxy groups -OCH3 is 1. The number of ether oxygens (including phenoxy) is 1. The number of alkyl halides is 3. The van der Waals surface area contributed by atoms with Crippen molar-refractivity contribution in [2.75, 3.05) is 20.3 Å². The van der Waals surface area contributed by atoms with Gasteiger partial charge in [-0.15, -0.1) is 0 Å². The number of benzene rings is 2. The van der Waals surface area contributed by atoms with Crippen LogP contribution in [0.1, 0.15) is 5.56 Å². The maximum atomic E-state index is 12.5. The first kappa shape index (κ1) is 23.1. The van der Waals surface area contributed by atoms with Crippen LogP contribution in [0, 0.1) is 5.21 Å². The summed E-state index contributed by atoms with van der Waals surface area (Å²) in [5.41, 5.74) is -1.08. The van der Waals surface area contributed by atoms with Crippen molar-refractivity contribution in [3.63, 3.8) is 0 Å². The maximum absolute atomic E-state index is 12.5. The van der Waals surface area contributed by atoms with E-state index in [-0.39, 0.29) is 4.90 Å². The minimum Gasteiger partial charge on any atom is -0.772 e. The highest BCUT2D eigenvalue weighted by Crippen LogP contribution is 2.30. The molecule has 0 saturated carbocycles. The van der Waals surface area contributed by atoms with Gasteiger partial charge in [-0.1, -0.05) is 0 Å². The molecular weight excluding hydrogens is 439 g/mol. The van der Waals surface area contributed by atoms with E-state index in [0.717, 1.165) is 0 Å². The quantitative estimate of drug-likeness (QED) is 0.445. The number of rotatable bonds is 8. The molecule has 0 bridgehead atoms. The standard InChI is InChI=1S/C16H15F3NO7S2/c1-26-13-4-8-15(9-5-13)29(24,25)27-11-10-20(21)28(22,23)14-6-2-12(3-7-14)16(17,18)19/h2-9H,10-11H2,1H3/q-1. The lowest BCUT2D eigenvalue weighted by Crippen LogP contribution is -2.29. The first-order valence-electron chi connectivity index (χ1n) is 7.78. The lowest BCUT2D eigenvalue weighted by atomic mass is 10.2. The zero-order valence-electron chi connectivity index (χ0n) is 14.8. The van der Waals surface area contributed by atoms with Gasteiger partial charge < -0.3 is 9.94 Å². The summed E-state index contributed by atoms with van der Waals surface area (Å²) in [5, 5.41) is 11.9. The highest BCUT2D eigenvalue weighted by atomic mass is 32.2. The van der Waals surface area contributed by atoms with Gasteiger partial charge in [0, 0.05) is 6.54 Å². The third kappa shape index (κ3) is 5.67. The molecule has 0 aliphatic carbocycles. The molecule has 2 rings (SSSR count). The van der Waals surface area contributed by atoms with Gasteiger partial charge in [-0.2, -0.15) is 21.6 Å². The summed E-state index contributed by atoms with van der Waals surface area (Å²) >= 11 is 0. The van der Waals surface area contributed by atoms with Crippen molar-refractivity contribution in [2.24, 2.45) is 0 Å². The Labute approximate surface area is 165 Å². The van der Waals surface area contributed by atoms with Crippen LogP contribution >= 0.6 is 0 Å². The Bertz CT molecular complexity index is 1040. The zero-order valence-corrected chi connectivity index (χ0v) is 16.4. The molecule has 0 fully saturated rings. The Morgan fingerprint density at radius 2 is 1.45 bits per heavy atom. The molecule has 2 aromatic rings. The van der Waals surface area contributed by atoms with Crippen molar-refractivity contribution >= 4 is 20.1 Å². The maximum Gasteiger partial charge on any atom is 0.416 e. The Balaban J connectivity index is 2.02. The van der Waals surface area contributed by atoms with Crippen LogP contribution in [0.2, 0.25) is 0 Å². The van der Waals surface area contributed by atoms with Gasteiger partial charge in [-0.3, -0.25) is 8.65 Å². The molecule has 0 N–H and O–H groups in total. The highest BCUT2D eigenvalue weighted by Gasteiger charge is 2.30. The molecule has 2 aromatic carbocycles. The predicted octanol–water partition coefficient (Wildman–Crippen LogP) is 2.61. The fourth-order valence-corrected chi connectivity index (χ4v) is 4.02. The van der Waals surface area contributed by atoms with Gasteiger partial charge in [-0.25, -0.2) is 8.42 Å². The van der Waals surface area contributed by atoms with E-state index in [1.807, 2.05) is 0 Å². The summed E-state index contributed by atoms with van der Waals surface area (Å²) in [5.74, 6) is 0.400. The van der Waals surface area contributed by atoms with E-state index < -0.39 is 54.4 Å². The molecule has 0 spiro atoms. The van der Waals surface area contributed by atoms with E-state index in [4.69, 9.17) is 4.74 Å². The largest absolute Gasteiger partial charge is 0.772 e. The number of sulfonamides is 1. The second kappa shape index (κ2) is 8.67. The molecule has 29 heavy (non-hydrogen) atoms. The Kier molecular flexibility index (Phi) is 6.90. The summed E-state index contributed by atoms with van der Waals surface area (Å²) in [6, 6.07) is 7.44. The fraction of sp³-hybridized carbons (Fsp3) is 0.250. The van der Waals surface area contributed by atoms with Gasteiger partial charge in [0.05, 0.1) is 29.1 Å². The number of halogens is 3. The van der Waals surface area contributed by atoms with E-state index in [9.17, 15) is 35.2 Å². The molecule has 0 radical (unpaired) electrons. The lowest BCUT2D eigenvalue weighted by molar-refractivity contribution is -0.137. The van der Waals surface area contributed by atoms with Crippen molar-refractivity contribution in [1.82, 2.24) is 4.47 Å². The van der Waals surface area contributed by atoms with E-state index in [1.165, 1.54) is 31.4 Å². The summed E-state index contributed by atoms with van der Waals surface area (Å²) in [6.07, 6.45) is -4.66. The predicted molar refractivity (Wildman–Crippen MR) is 94.8 cm³/mol. The van der Waals surface area contributed by atoms with Crippen molar-refractivity contribution in [3.8, 4) is 5.75 Å². The molecular formula is C16H15F3NO7S2-. The molecule has 0 heterocycles. The summed E-state index contributed by atoms with van der Waals surface area (Å²) in [6.45, 7) is -1.68. The summed E-state index contributed by atoms with van der Waals surface area (Å²) in [7, 11) is -7.54. The van der Waals surface area contributed by atoms with Gasteiger partial charge in [0.15, 0.2) is 0 Å². The Morgan fingerprint density at radius 3 is 1.93 bits per heavy atom. The average molecular weight is 454 g/mol. The van der Waals surface area contributed by atoms with Crippen LogP contribution in [0.5, 0.6) is 5.75 Å². The molecule has 0 unspecified atom stereocenters. The Morgan fingerprint density at radius 1 is 0.931 bits per heavy atom. The average Bonchev–Trinajstić information content (AvgIpc) is 2.67. The highest BCUT2D eigenvalue weighted by molar-refractivity contribution is 7.89. The van der Waals surface area contributed by atoms with E-state index in [1.54, 1.807) is 0 Å². The SMILES string of the molecule is COc1ccc(S(=O)(=O)OCCN([O-])S(=O)(=O)c2ccc(C(F)(F)F)cc2)cc1. The molecule has 0 amide bonds. The Hall–Kier alpha value is -2.19. The second-order valence-corrected chi connectivity index (χ2v) is 8.95. The lowest BCUT2D eigenvalue weighted by Gasteiger charge is -2.27.